The number of fused-ring (bicyclic) bond motifs is 6. The number of anilines is 2. The molecule has 1 N–H and O–H groups in total. The van der Waals surface area contributed by atoms with Gasteiger partial charge in [0.1, 0.15) is 0 Å². The number of hydrogen-bond acceptors (Lipinski definition) is 1. The monoisotopic (exact) mass is 571 g/mol. The lowest BCUT2D eigenvalue weighted by Crippen LogP contribution is -1.95. The van der Waals surface area contributed by atoms with Crippen LogP contribution in [0.4, 0.5) is 11.4 Å². The highest BCUT2D eigenvalue weighted by atomic mass is 14.9. The molecule has 7 aromatic carbocycles. The van der Waals surface area contributed by atoms with Crippen LogP contribution < -0.4 is 5.32 Å². The zero-order valence-electron chi connectivity index (χ0n) is 24.7. The van der Waals surface area contributed by atoms with Gasteiger partial charge in [-0.25, -0.2) is 0 Å². The smallest absolute Gasteiger partial charge is 0.0396 e. The minimum atomic E-state index is 1.07. The highest BCUT2D eigenvalue weighted by Gasteiger charge is 2.32. The van der Waals surface area contributed by atoms with E-state index in [0.29, 0.717) is 0 Å². The Morgan fingerprint density at radius 3 is 1.13 bits per heavy atom. The topological polar surface area (TPSA) is 12.0 Å². The molecule has 0 heterocycles. The van der Waals surface area contributed by atoms with Gasteiger partial charge in [-0.2, -0.15) is 0 Å². The molecule has 9 rings (SSSR count). The molecule has 0 bridgehead atoms. The molecule has 1 nitrogen and oxygen atoms in total. The first-order chi connectivity index (χ1) is 22.3. The maximum absolute atomic E-state index is 3.81. The first kappa shape index (κ1) is 25.6. The van der Waals surface area contributed by atoms with Gasteiger partial charge in [-0.1, -0.05) is 140 Å². The maximum atomic E-state index is 3.81. The molecular weight excluding hydrogens is 542 g/mol. The van der Waals surface area contributed by atoms with Crippen LogP contribution in [0.3, 0.4) is 0 Å². The van der Waals surface area contributed by atoms with Crippen LogP contribution in [0.1, 0.15) is 22.3 Å². The molecule has 0 amide bonds. The van der Waals surface area contributed by atoms with E-state index in [4.69, 9.17) is 0 Å². The Labute approximate surface area is 263 Å². The molecule has 0 aromatic heterocycles. The van der Waals surface area contributed by atoms with Crippen molar-refractivity contribution in [1.29, 1.82) is 0 Å². The molecule has 2 aliphatic carbocycles. The van der Waals surface area contributed by atoms with Crippen LogP contribution in [-0.4, -0.2) is 0 Å². The average molecular weight is 572 g/mol. The molecule has 45 heavy (non-hydrogen) atoms. The summed E-state index contributed by atoms with van der Waals surface area (Å²) in [6, 6.07) is 61.4. The van der Waals surface area contributed by atoms with E-state index >= 15 is 0 Å². The number of benzene rings is 7. The number of rotatable bonds is 4. The summed E-state index contributed by atoms with van der Waals surface area (Å²) in [6.45, 7) is 0. The summed E-state index contributed by atoms with van der Waals surface area (Å²) < 4.78 is 0. The van der Waals surface area contributed by atoms with Crippen LogP contribution >= 0.6 is 0 Å². The summed E-state index contributed by atoms with van der Waals surface area (Å²) in [7, 11) is 0. The van der Waals surface area contributed by atoms with Crippen molar-refractivity contribution in [3.63, 3.8) is 0 Å². The van der Waals surface area contributed by atoms with Crippen molar-refractivity contribution in [2.75, 3.05) is 5.32 Å². The summed E-state index contributed by atoms with van der Waals surface area (Å²) in [5.41, 5.74) is 19.9. The fraction of sp³-hybridized carbons (Fsp3) is 0. The Kier molecular flexibility index (Phi) is 5.89. The largest absolute Gasteiger partial charge is 0.355 e. The molecule has 0 aliphatic heterocycles. The summed E-state index contributed by atoms with van der Waals surface area (Å²) in [5.74, 6) is 0. The quantitative estimate of drug-likeness (QED) is 0.222. The second kappa shape index (κ2) is 10.4. The van der Waals surface area contributed by atoms with E-state index in [1.165, 1.54) is 77.9 Å². The van der Waals surface area contributed by atoms with Crippen molar-refractivity contribution >= 4 is 22.5 Å². The van der Waals surface area contributed by atoms with Crippen LogP contribution in [0.15, 0.2) is 170 Å². The van der Waals surface area contributed by atoms with Gasteiger partial charge in [0.05, 0.1) is 0 Å². The Balaban J connectivity index is 1.21. The van der Waals surface area contributed by atoms with Crippen molar-refractivity contribution in [2.24, 2.45) is 0 Å². The lowest BCUT2D eigenvalue weighted by molar-refractivity contribution is 1.52. The fourth-order valence-corrected chi connectivity index (χ4v) is 7.16. The summed E-state index contributed by atoms with van der Waals surface area (Å²) in [6.07, 6.45) is 0. The van der Waals surface area contributed by atoms with Gasteiger partial charge >= 0.3 is 0 Å². The molecule has 2 aliphatic rings. The van der Waals surface area contributed by atoms with Crippen LogP contribution in [0.25, 0.3) is 55.7 Å². The zero-order valence-corrected chi connectivity index (χ0v) is 24.7. The van der Waals surface area contributed by atoms with Crippen LogP contribution in [0.2, 0.25) is 0 Å². The molecule has 0 atom stereocenters. The Bertz CT molecular complexity index is 2170. The molecule has 210 valence electrons. The molecule has 0 radical (unpaired) electrons. The second-order valence-corrected chi connectivity index (χ2v) is 11.8. The molecule has 0 spiro atoms. The van der Waals surface area contributed by atoms with Crippen molar-refractivity contribution < 1.29 is 0 Å². The first-order valence-corrected chi connectivity index (χ1v) is 15.5. The lowest BCUT2D eigenvalue weighted by Gasteiger charge is -2.15. The van der Waals surface area contributed by atoms with Crippen molar-refractivity contribution in [3.05, 3.63) is 192 Å². The van der Waals surface area contributed by atoms with E-state index in [1.54, 1.807) is 0 Å². The normalized spacial score (nSPS) is 12.4. The first-order valence-electron chi connectivity index (χ1n) is 15.5. The summed E-state index contributed by atoms with van der Waals surface area (Å²) >= 11 is 0. The lowest BCUT2D eigenvalue weighted by atomic mass is 9.91. The third-order valence-electron chi connectivity index (χ3n) is 9.14. The number of hydrogen-bond donors (Lipinski definition) is 1. The van der Waals surface area contributed by atoms with Gasteiger partial charge in [-0.3, -0.25) is 0 Å². The summed E-state index contributed by atoms with van der Waals surface area (Å²) in [4.78, 5) is 0. The van der Waals surface area contributed by atoms with Crippen LogP contribution in [-0.2, 0) is 0 Å². The molecule has 0 unspecified atom stereocenters. The standard InChI is InChI=1S/C44H29N/c1-3-13-29(14-4-1)31-25-32(30-15-5-2-6-16-30)27-34(26-31)45-33-23-24-38-37-19-9-12-22-41(37)44(42(38)28-33)43-39-20-10-7-17-35(39)36-18-8-11-21-40(36)43/h1-28,45H. The Hall–Kier alpha value is -5.92. The molecule has 0 fully saturated rings. The van der Waals surface area contributed by atoms with Gasteiger partial charge in [-0.15, -0.1) is 0 Å². The van der Waals surface area contributed by atoms with E-state index in [0.717, 1.165) is 11.4 Å². The van der Waals surface area contributed by atoms with Gasteiger partial charge in [0.2, 0.25) is 0 Å². The van der Waals surface area contributed by atoms with Crippen molar-refractivity contribution in [1.82, 2.24) is 0 Å². The second-order valence-electron chi connectivity index (χ2n) is 11.8. The predicted octanol–water partition coefficient (Wildman–Crippen LogP) is 11.7. The maximum Gasteiger partial charge on any atom is 0.0396 e. The van der Waals surface area contributed by atoms with Gasteiger partial charge in [0, 0.05) is 11.4 Å². The van der Waals surface area contributed by atoms with Gasteiger partial charge < -0.3 is 5.32 Å². The van der Waals surface area contributed by atoms with Crippen molar-refractivity contribution in [2.45, 2.75) is 0 Å². The third-order valence-corrected chi connectivity index (χ3v) is 9.14. The van der Waals surface area contributed by atoms with E-state index in [9.17, 15) is 0 Å². The van der Waals surface area contributed by atoms with Crippen LogP contribution in [0, 0.1) is 0 Å². The third kappa shape index (κ3) is 4.24. The Morgan fingerprint density at radius 2 is 0.644 bits per heavy atom. The predicted molar refractivity (Wildman–Crippen MR) is 189 cm³/mol. The van der Waals surface area contributed by atoms with E-state index in [1.807, 2.05) is 0 Å². The average Bonchev–Trinajstić information content (AvgIpc) is 3.61. The highest BCUT2D eigenvalue weighted by molar-refractivity contribution is 6.19. The van der Waals surface area contributed by atoms with Gasteiger partial charge in [0.15, 0.2) is 0 Å². The van der Waals surface area contributed by atoms with Gasteiger partial charge in [0.25, 0.3) is 0 Å². The molecule has 1 heteroatoms. The van der Waals surface area contributed by atoms with E-state index in [-0.39, 0.29) is 0 Å². The van der Waals surface area contributed by atoms with E-state index in [2.05, 4.69) is 175 Å². The highest BCUT2D eigenvalue weighted by Crippen LogP contribution is 2.54. The Morgan fingerprint density at radius 1 is 0.244 bits per heavy atom. The molecular formula is C44H29N. The van der Waals surface area contributed by atoms with Crippen molar-refractivity contribution in [3.8, 4) is 44.5 Å². The molecule has 0 saturated heterocycles. The van der Waals surface area contributed by atoms with Crippen LogP contribution in [0.5, 0.6) is 0 Å². The zero-order chi connectivity index (χ0) is 29.7. The molecule has 0 saturated carbocycles. The van der Waals surface area contributed by atoms with Gasteiger partial charge in [-0.05, 0) is 108 Å². The SMILES string of the molecule is c1ccc(-c2cc(Nc3ccc4c(c3)C(=C3c5ccccc5-c5ccccc53)c3ccccc3-4)cc(-c3ccccc3)c2)cc1. The van der Waals surface area contributed by atoms with E-state index < -0.39 is 0 Å². The molecule has 7 aromatic rings. The number of nitrogens with one attached hydrogen (secondary N) is 1. The minimum absolute atomic E-state index is 1.07. The fourth-order valence-electron chi connectivity index (χ4n) is 7.16. The minimum Gasteiger partial charge on any atom is -0.355 e. The summed E-state index contributed by atoms with van der Waals surface area (Å²) in [5, 5.41) is 3.81.